The maximum Gasteiger partial charge on any atom is 0.408 e. The van der Waals surface area contributed by atoms with Crippen molar-refractivity contribution in [3.63, 3.8) is 0 Å². The first-order chi connectivity index (χ1) is 26.3. The molecule has 6 rings (SSSR count). The summed E-state index contributed by atoms with van der Waals surface area (Å²) in [6.45, 7) is 0.120. The largest absolute Gasteiger partial charge is 0.504 e. The second-order valence-corrected chi connectivity index (χ2v) is 14.1. The van der Waals surface area contributed by atoms with Crippen molar-refractivity contribution < 1.29 is 33.8 Å². The number of nitrogens with one attached hydrogen (secondary N) is 4. The van der Waals surface area contributed by atoms with Crippen LogP contribution in [0.25, 0.3) is 0 Å². The van der Waals surface area contributed by atoms with Crippen molar-refractivity contribution >= 4 is 35.4 Å². The van der Waals surface area contributed by atoms with Crippen LogP contribution in [0, 0.1) is 11.8 Å². The second kappa shape index (κ2) is 18.8. The van der Waals surface area contributed by atoms with Crippen molar-refractivity contribution in [2.24, 2.45) is 11.8 Å². The molecule has 2 saturated carbocycles. The molecule has 0 aromatic heterocycles. The lowest BCUT2D eigenvalue weighted by molar-refractivity contribution is -0.119. The van der Waals surface area contributed by atoms with Gasteiger partial charge in [0.1, 0.15) is 25.3 Å². The number of rotatable bonds is 18. The molecule has 2 aliphatic carbocycles. The van der Waals surface area contributed by atoms with E-state index in [1.165, 1.54) is 5.56 Å². The number of hydrogen-bond donors (Lipinski definition) is 5. The van der Waals surface area contributed by atoms with Crippen LogP contribution in [0.5, 0.6) is 5.75 Å². The number of aromatic hydroxyl groups is 1. The van der Waals surface area contributed by atoms with Gasteiger partial charge in [-0.05, 0) is 91.5 Å². The minimum absolute atomic E-state index is 0.0596. The Labute approximate surface area is 315 Å². The Bertz CT molecular complexity index is 1870. The van der Waals surface area contributed by atoms with E-state index in [2.05, 4.69) is 33.4 Å². The first-order valence-electron chi connectivity index (χ1n) is 18.8. The summed E-state index contributed by atoms with van der Waals surface area (Å²) >= 11 is 0. The predicted molar refractivity (Wildman–Crippen MR) is 206 cm³/mol. The fourth-order valence-corrected chi connectivity index (χ4v) is 6.40. The maximum absolute atomic E-state index is 13.8. The van der Waals surface area contributed by atoms with Crippen molar-refractivity contribution in [2.45, 2.75) is 83.1 Å². The standard InChI is InChI=1S/C43H48N4O7/c48-39-35(44-40(49)37(33-21-22-33)46-42(51)53-27-30-16-8-2-9-17-30)26-25-32(20-12-4-7-15-29-13-5-1-6-14-29)36(39)45-41(50)38(34-23-24-34)47-43(52)54-28-31-18-10-3-11-19-31/h1-3,5-6,8-11,13-14,16-19,25-26,33-34,37-38,48H,4,7,12,15,20-24,27-28H2,(H,44,49)(H,45,50)(H,46,51)(H,47,52)/t37-,38-/m0/s1. The lowest BCUT2D eigenvalue weighted by Gasteiger charge is -2.22. The molecule has 0 bridgehead atoms. The first kappa shape index (κ1) is 37.9. The van der Waals surface area contributed by atoms with Gasteiger partial charge in [0.05, 0.1) is 11.4 Å². The summed E-state index contributed by atoms with van der Waals surface area (Å²) in [5, 5.41) is 22.7. The summed E-state index contributed by atoms with van der Waals surface area (Å²) < 4.78 is 10.8. The highest BCUT2D eigenvalue weighted by Crippen LogP contribution is 2.39. The van der Waals surface area contributed by atoms with Crippen LogP contribution < -0.4 is 21.3 Å². The molecule has 0 heterocycles. The van der Waals surface area contributed by atoms with E-state index in [-0.39, 0.29) is 42.2 Å². The van der Waals surface area contributed by atoms with Crippen molar-refractivity contribution in [1.82, 2.24) is 10.6 Å². The zero-order valence-electron chi connectivity index (χ0n) is 30.3. The quantitative estimate of drug-likeness (QED) is 0.0520. The highest BCUT2D eigenvalue weighted by Gasteiger charge is 2.39. The molecule has 0 spiro atoms. The van der Waals surface area contributed by atoms with Gasteiger partial charge in [-0.2, -0.15) is 0 Å². The predicted octanol–water partition coefficient (Wildman–Crippen LogP) is 7.63. The number of phenols is 1. The number of phenolic OH excluding ortho intramolecular Hbond substituents is 1. The Balaban J connectivity index is 1.13. The summed E-state index contributed by atoms with van der Waals surface area (Å²) in [6.07, 6.45) is 5.83. The van der Waals surface area contributed by atoms with E-state index >= 15 is 0 Å². The third kappa shape index (κ3) is 11.3. The van der Waals surface area contributed by atoms with Crippen molar-refractivity contribution in [3.8, 4) is 5.75 Å². The molecule has 2 atom stereocenters. The number of alkyl carbamates (subject to hydrolysis) is 2. The number of carbonyl (C=O) groups is 4. The average Bonchev–Trinajstić information content (AvgIpc) is 4.13. The highest BCUT2D eigenvalue weighted by molar-refractivity contribution is 6.02. The van der Waals surface area contributed by atoms with E-state index in [9.17, 15) is 24.3 Å². The fourth-order valence-electron chi connectivity index (χ4n) is 6.40. The zero-order chi connectivity index (χ0) is 37.7. The van der Waals surface area contributed by atoms with Gasteiger partial charge in [-0.15, -0.1) is 0 Å². The number of amides is 4. The number of benzene rings is 4. The van der Waals surface area contributed by atoms with Crippen LogP contribution in [0.15, 0.2) is 103 Å². The van der Waals surface area contributed by atoms with E-state index in [0.29, 0.717) is 12.0 Å². The van der Waals surface area contributed by atoms with Crippen molar-refractivity contribution in [1.29, 1.82) is 0 Å². The fraction of sp³-hybridized carbons (Fsp3) is 0.349. The van der Waals surface area contributed by atoms with Gasteiger partial charge in [0.15, 0.2) is 5.75 Å². The third-order valence-corrected chi connectivity index (χ3v) is 9.75. The van der Waals surface area contributed by atoms with Crippen LogP contribution in [-0.4, -0.2) is 41.2 Å². The van der Waals surface area contributed by atoms with Gasteiger partial charge in [-0.3, -0.25) is 9.59 Å². The third-order valence-electron chi connectivity index (χ3n) is 9.75. The van der Waals surface area contributed by atoms with Crippen LogP contribution in [0.4, 0.5) is 21.0 Å². The molecule has 11 heteroatoms. The van der Waals surface area contributed by atoms with Gasteiger partial charge < -0.3 is 35.8 Å². The van der Waals surface area contributed by atoms with Gasteiger partial charge in [0.2, 0.25) is 11.8 Å². The highest BCUT2D eigenvalue weighted by atomic mass is 16.6. The topological polar surface area (TPSA) is 155 Å². The van der Waals surface area contributed by atoms with Crippen LogP contribution >= 0.6 is 0 Å². The number of anilines is 2. The van der Waals surface area contributed by atoms with Crippen LogP contribution in [0.3, 0.4) is 0 Å². The first-order valence-corrected chi connectivity index (χ1v) is 18.8. The minimum Gasteiger partial charge on any atom is -0.504 e. The summed E-state index contributed by atoms with van der Waals surface area (Å²) in [5.41, 5.74) is 3.86. The Morgan fingerprint density at radius 3 is 1.54 bits per heavy atom. The van der Waals surface area contributed by atoms with E-state index < -0.39 is 36.1 Å². The number of aryl methyl sites for hydroxylation is 2. The van der Waals surface area contributed by atoms with Crippen LogP contribution in [0.1, 0.15) is 67.2 Å². The molecule has 0 saturated heterocycles. The molecule has 0 unspecified atom stereocenters. The molecule has 4 amide bonds. The van der Waals surface area contributed by atoms with Crippen molar-refractivity contribution in [3.05, 3.63) is 125 Å². The molecule has 0 aliphatic heterocycles. The van der Waals surface area contributed by atoms with Gasteiger partial charge in [0.25, 0.3) is 0 Å². The number of unbranched alkanes of at least 4 members (excludes halogenated alkanes) is 2. The second-order valence-electron chi connectivity index (χ2n) is 14.1. The van der Waals surface area contributed by atoms with E-state index in [1.807, 2.05) is 78.9 Å². The van der Waals surface area contributed by atoms with Crippen molar-refractivity contribution in [2.75, 3.05) is 10.6 Å². The lowest BCUT2D eigenvalue weighted by Crippen LogP contribution is -2.46. The zero-order valence-corrected chi connectivity index (χ0v) is 30.3. The minimum atomic E-state index is -0.880. The van der Waals surface area contributed by atoms with Crippen LogP contribution in [0.2, 0.25) is 0 Å². The normalized spacial score (nSPS) is 14.6. The average molecular weight is 733 g/mol. The summed E-state index contributed by atoms with van der Waals surface area (Å²) in [6, 6.07) is 30.4. The Morgan fingerprint density at radius 2 is 1.04 bits per heavy atom. The SMILES string of the molecule is O=C(N[C@H](C(=O)Nc1ccc(CCCCCc2ccccc2)c(NC(=O)[C@@H](NC(=O)OCc2ccccc2)C2CC2)c1O)C1CC1)OCc1ccccc1. The number of ether oxygens (including phenoxy) is 2. The summed E-state index contributed by atoms with van der Waals surface area (Å²) in [4.78, 5) is 52.9. The molecule has 54 heavy (non-hydrogen) atoms. The van der Waals surface area contributed by atoms with E-state index in [1.54, 1.807) is 12.1 Å². The lowest BCUT2D eigenvalue weighted by atomic mass is 10.0. The number of hydrogen-bond acceptors (Lipinski definition) is 7. The molecule has 5 N–H and O–H groups in total. The van der Waals surface area contributed by atoms with Gasteiger partial charge in [0, 0.05) is 0 Å². The molecule has 0 radical (unpaired) electrons. The van der Waals surface area contributed by atoms with Crippen LogP contribution in [-0.2, 0) is 45.1 Å². The molecular formula is C43H48N4O7. The monoisotopic (exact) mass is 732 g/mol. The molecule has 2 aliphatic rings. The van der Waals surface area contributed by atoms with Gasteiger partial charge in [-0.1, -0.05) is 103 Å². The Hall–Kier alpha value is -5.84. The van der Waals surface area contributed by atoms with Gasteiger partial charge in [-0.25, -0.2) is 9.59 Å². The molecule has 11 nitrogen and oxygen atoms in total. The number of carbonyl (C=O) groups excluding carboxylic acids is 4. The maximum atomic E-state index is 13.8. The van der Waals surface area contributed by atoms with E-state index in [4.69, 9.17) is 9.47 Å². The van der Waals surface area contributed by atoms with E-state index in [0.717, 1.165) is 62.5 Å². The smallest absolute Gasteiger partial charge is 0.408 e. The van der Waals surface area contributed by atoms with Gasteiger partial charge >= 0.3 is 12.2 Å². The molecular weight excluding hydrogens is 684 g/mol. The Kier molecular flexibility index (Phi) is 13.2. The molecule has 4 aromatic rings. The molecule has 2 fully saturated rings. The Morgan fingerprint density at radius 1 is 0.574 bits per heavy atom. The summed E-state index contributed by atoms with van der Waals surface area (Å²) in [7, 11) is 0. The molecule has 282 valence electrons. The molecule has 4 aromatic carbocycles. The summed E-state index contributed by atoms with van der Waals surface area (Å²) in [5.74, 6) is -1.45.